The minimum absolute atomic E-state index is 0.171. The molecule has 6 nitrogen and oxygen atoms in total. The van der Waals surface area contributed by atoms with Gasteiger partial charge in [0, 0.05) is 29.2 Å². The van der Waals surface area contributed by atoms with Crippen molar-refractivity contribution in [2.75, 3.05) is 44.2 Å². The van der Waals surface area contributed by atoms with E-state index in [1.807, 2.05) is 60.2 Å². The van der Waals surface area contributed by atoms with Crippen molar-refractivity contribution in [3.05, 3.63) is 60.3 Å². The molecule has 0 atom stereocenters. The first kappa shape index (κ1) is 21.0. The quantitative estimate of drug-likeness (QED) is 0.572. The van der Waals surface area contributed by atoms with E-state index in [1.54, 1.807) is 0 Å². The van der Waals surface area contributed by atoms with Gasteiger partial charge in [-0.3, -0.25) is 4.79 Å². The van der Waals surface area contributed by atoms with Crippen LogP contribution in [0.4, 0.5) is 5.69 Å². The van der Waals surface area contributed by atoms with E-state index in [1.165, 1.54) is 4.90 Å². The number of ketones is 1. The molecule has 1 aliphatic rings. The molecular weight excluding hydrogens is 388 g/mol. The minimum atomic E-state index is 0.171. The van der Waals surface area contributed by atoms with Gasteiger partial charge in [0.15, 0.2) is 0 Å². The van der Waals surface area contributed by atoms with Crippen LogP contribution in [0.15, 0.2) is 54.7 Å². The number of benzene rings is 2. The molecule has 1 N–H and O–H groups in total. The number of nitrogens with one attached hydrogen (secondary N) is 1. The molecule has 4 rings (SSSR count). The number of ether oxygens (including phenoxy) is 1. The van der Waals surface area contributed by atoms with E-state index in [9.17, 15) is 4.79 Å². The first-order chi connectivity index (χ1) is 15.2. The summed E-state index contributed by atoms with van der Waals surface area (Å²) in [5.41, 5.74) is 2.92. The number of anilines is 1. The van der Waals surface area contributed by atoms with Crippen molar-refractivity contribution >= 4 is 22.4 Å². The molecule has 1 aliphatic heterocycles. The summed E-state index contributed by atoms with van der Waals surface area (Å²) in [4.78, 5) is 16.8. The van der Waals surface area contributed by atoms with E-state index in [-0.39, 0.29) is 5.78 Å². The molecule has 0 unspecified atom stereocenters. The van der Waals surface area contributed by atoms with E-state index in [2.05, 4.69) is 17.0 Å². The van der Waals surface area contributed by atoms with Crippen molar-refractivity contribution in [3.8, 4) is 11.8 Å². The number of fused-ring (bicyclic) bond motifs is 1. The lowest BCUT2D eigenvalue weighted by Crippen LogP contribution is -3.15. The Hall–Kier alpha value is -3.30. The number of hydrogen-bond donors (Lipinski definition) is 1. The van der Waals surface area contributed by atoms with Gasteiger partial charge in [0.1, 0.15) is 12.3 Å². The highest BCUT2D eigenvalue weighted by molar-refractivity contribution is 6.08. The largest absolute Gasteiger partial charge is 0.492 e. The van der Waals surface area contributed by atoms with E-state index in [4.69, 9.17) is 10.00 Å². The second-order valence-corrected chi connectivity index (χ2v) is 7.90. The fourth-order valence-corrected chi connectivity index (χ4v) is 4.38. The van der Waals surface area contributed by atoms with Gasteiger partial charge in [-0.05, 0) is 25.1 Å². The Labute approximate surface area is 183 Å². The highest BCUT2D eigenvalue weighted by Crippen LogP contribution is 2.28. The van der Waals surface area contributed by atoms with Crippen LogP contribution >= 0.6 is 0 Å². The summed E-state index contributed by atoms with van der Waals surface area (Å²) in [6.45, 7) is 7.38. The van der Waals surface area contributed by atoms with Crippen molar-refractivity contribution in [2.24, 2.45) is 0 Å². The van der Waals surface area contributed by atoms with Gasteiger partial charge in [0.2, 0.25) is 5.78 Å². The zero-order valence-corrected chi connectivity index (χ0v) is 18.0. The number of rotatable bonds is 8. The molecule has 31 heavy (non-hydrogen) atoms. The Morgan fingerprint density at radius 2 is 1.87 bits per heavy atom. The average molecular weight is 418 g/mol. The van der Waals surface area contributed by atoms with E-state index < -0.39 is 0 Å². The van der Waals surface area contributed by atoms with Crippen LogP contribution in [-0.4, -0.2) is 49.7 Å². The fourth-order valence-electron chi connectivity index (χ4n) is 4.38. The zero-order chi connectivity index (χ0) is 21.6. The molecule has 1 aromatic heterocycles. The van der Waals surface area contributed by atoms with Gasteiger partial charge in [-0.15, -0.1) is 0 Å². The highest BCUT2D eigenvalue weighted by Gasteiger charge is 2.25. The summed E-state index contributed by atoms with van der Waals surface area (Å²) in [5.74, 6) is 1.10. The monoisotopic (exact) mass is 417 g/mol. The lowest BCUT2D eigenvalue weighted by atomic mass is 10.1. The Morgan fingerprint density at radius 3 is 2.65 bits per heavy atom. The van der Waals surface area contributed by atoms with Gasteiger partial charge in [-0.25, -0.2) is 0 Å². The molecule has 160 valence electrons. The number of aryl methyl sites for hydroxylation is 1. The van der Waals surface area contributed by atoms with Crippen LogP contribution in [0.1, 0.15) is 23.7 Å². The number of quaternary nitrogens is 1. The van der Waals surface area contributed by atoms with Crippen LogP contribution in [0.25, 0.3) is 10.9 Å². The number of carbonyl (C=O) groups excluding carboxylic acids is 1. The van der Waals surface area contributed by atoms with Gasteiger partial charge in [0.05, 0.1) is 51.0 Å². The SMILES string of the molecule is CCOc1ccccc1N1CC[NH+](CC(=O)c2cn(CCC#N)c3ccccc23)CC1. The summed E-state index contributed by atoms with van der Waals surface area (Å²) in [7, 11) is 0. The molecular formula is C25H29N4O2+. The number of aromatic nitrogens is 1. The summed E-state index contributed by atoms with van der Waals surface area (Å²) in [6, 6.07) is 18.3. The molecule has 1 fully saturated rings. The molecule has 1 saturated heterocycles. The van der Waals surface area contributed by atoms with Gasteiger partial charge in [-0.2, -0.15) is 5.26 Å². The Kier molecular flexibility index (Phi) is 6.54. The van der Waals surface area contributed by atoms with E-state index in [0.717, 1.165) is 54.1 Å². The predicted octanol–water partition coefficient (Wildman–Crippen LogP) is 2.54. The van der Waals surface area contributed by atoms with Gasteiger partial charge in [-0.1, -0.05) is 30.3 Å². The highest BCUT2D eigenvalue weighted by atomic mass is 16.5. The maximum absolute atomic E-state index is 13.2. The maximum atomic E-state index is 13.2. The normalized spacial score (nSPS) is 14.5. The number of carbonyl (C=O) groups is 1. The fraction of sp³-hybridized carbons (Fsp3) is 0.360. The zero-order valence-electron chi connectivity index (χ0n) is 18.0. The molecule has 6 heteroatoms. The number of nitrogens with zero attached hydrogens (tertiary/aromatic N) is 3. The number of nitriles is 1. The number of para-hydroxylation sites is 3. The predicted molar refractivity (Wildman–Crippen MR) is 122 cm³/mol. The van der Waals surface area contributed by atoms with E-state index >= 15 is 0 Å². The molecule has 0 amide bonds. The molecule has 0 radical (unpaired) electrons. The van der Waals surface area contributed by atoms with Crippen LogP contribution < -0.4 is 14.5 Å². The number of Topliss-reactive ketones (excluding diaryl/α,β-unsaturated/α-hetero) is 1. The maximum Gasteiger partial charge on any atom is 0.219 e. The molecule has 0 saturated carbocycles. The molecule has 0 spiro atoms. The third-order valence-electron chi connectivity index (χ3n) is 5.94. The van der Waals surface area contributed by atoms with Crippen LogP contribution in [0, 0.1) is 11.3 Å². The smallest absolute Gasteiger partial charge is 0.219 e. The Balaban J connectivity index is 1.43. The van der Waals surface area contributed by atoms with Crippen LogP contribution in [0.5, 0.6) is 5.75 Å². The molecule has 0 bridgehead atoms. The molecule has 2 heterocycles. The Morgan fingerprint density at radius 1 is 1.13 bits per heavy atom. The molecule has 2 aromatic carbocycles. The summed E-state index contributed by atoms with van der Waals surface area (Å²) in [6.07, 6.45) is 2.36. The lowest BCUT2D eigenvalue weighted by molar-refractivity contribution is -0.892. The topological polar surface area (TPSA) is 62.7 Å². The molecule has 0 aliphatic carbocycles. The third-order valence-corrected chi connectivity index (χ3v) is 5.94. The van der Waals surface area contributed by atoms with Gasteiger partial charge < -0.3 is 19.1 Å². The van der Waals surface area contributed by atoms with Crippen molar-refractivity contribution in [1.29, 1.82) is 5.26 Å². The van der Waals surface area contributed by atoms with Gasteiger partial charge in [0.25, 0.3) is 0 Å². The summed E-state index contributed by atoms with van der Waals surface area (Å²) in [5, 5.41) is 9.92. The average Bonchev–Trinajstić information content (AvgIpc) is 3.18. The van der Waals surface area contributed by atoms with Crippen molar-refractivity contribution in [3.63, 3.8) is 0 Å². The summed E-state index contributed by atoms with van der Waals surface area (Å²) < 4.78 is 7.82. The van der Waals surface area contributed by atoms with Gasteiger partial charge >= 0.3 is 0 Å². The minimum Gasteiger partial charge on any atom is -0.492 e. The first-order valence-corrected chi connectivity index (χ1v) is 11.0. The Bertz CT molecular complexity index is 1090. The lowest BCUT2D eigenvalue weighted by Gasteiger charge is -2.34. The van der Waals surface area contributed by atoms with Crippen molar-refractivity contribution in [2.45, 2.75) is 19.9 Å². The van der Waals surface area contributed by atoms with Crippen LogP contribution in [0.2, 0.25) is 0 Å². The van der Waals surface area contributed by atoms with Crippen molar-refractivity contribution in [1.82, 2.24) is 4.57 Å². The first-order valence-electron chi connectivity index (χ1n) is 11.0. The second kappa shape index (κ2) is 9.67. The molecule has 3 aromatic rings. The number of hydrogen-bond acceptors (Lipinski definition) is 4. The number of piperazine rings is 1. The van der Waals surface area contributed by atoms with E-state index in [0.29, 0.717) is 26.1 Å². The van der Waals surface area contributed by atoms with Crippen molar-refractivity contribution < 1.29 is 14.4 Å². The van der Waals surface area contributed by atoms with Crippen LogP contribution in [0.3, 0.4) is 0 Å². The van der Waals surface area contributed by atoms with Crippen LogP contribution in [-0.2, 0) is 6.54 Å². The second-order valence-electron chi connectivity index (χ2n) is 7.90. The third kappa shape index (κ3) is 4.57. The summed E-state index contributed by atoms with van der Waals surface area (Å²) >= 11 is 0. The standard InChI is InChI=1S/C25H28N4O2/c1-2-31-25-11-6-5-10-23(25)28-16-14-27(15-17-28)19-24(30)21-18-29(13-7-12-26)22-9-4-3-8-20(21)22/h3-6,8-11,18H,2,7,13-17,19H2,1H3/p+1.